The Kier molecular flexibility index (Phi) is 4.46. The minimum atomic E-state index is -4.44. The van der Waals surface area contributed by atoms with E-state index in [2.05, 4.69) is 10.3 Å². The SMILES string of the molecule is O=C([C@@H]1CC[C@H](Nc2ccnc(C(F)(F)F)c2)C1)N1CCCC1. The fraction of sp³-hybridized carbons (Fsp3) is 0.625. The highest BCUT2D eigenvalue weighted by atomic mass is 19.4. The second-order valence-corrected chi connectivity index (χ2v) is 6.31. The zero-order chi connectivity index (χ0) is 16.4. The van der Waals surface area contributed by atoms with Gasteiger partial charge in [-0.25, -0.2) is 0 Å². The smallest absolute Gasteiger partial charge is 0.382 e. The van der Waals surface area contributed by atoms with E-state index in [0.29, 0.717) is 12.1 Å². The molecule has 1 saturated heterocycles. The number of nitrogens with one attached hydrogen (secondary N) is 1. The molecule has 2 heterocycles. The normalized spacial score (nSPS) is 24.9. The van der Waals surface area contributed by atoms with Crippen LogP contribution in [0.5, 0.6) is 0 Å². The molecule has 1 saturated carbocycles. The fourth-order valence-corrected chi connectivity index (χ4v) is 3.44. The third kappa shape index (κ3) is 3.76. The highest BCUT2D eigenvalue weighted by Gasteiger charge is 2.35. The fourth-order valence-electron chi connectivity index (χ4n) is 3.44. The monoisotopic (exact) mass is 327 g/mol. The van der Waals surface area contributed by atoms with E-state index in [1.54, 1.807) is 0 Å². The number of hydrogen-bond acceptors (Lipinski definition) is 3. The molecule has 1 aliphatic heterocycles. The number of likely N-dealkylation sites (tertiary alicyclic amines) is 1. The van der Waals surface area contributed by atoms with Crippen LogP contribution in [0, 0.1) is 5.92 Å². The van der Waals surface area contributed by atoms with Crippen LogP contribution in [-0.2, 0) is 11.0 Å². The standard InChI is InChI=1S/C16H20F3N3O/c17-16(18,19)14-10-13(5-6-20-14)21-12-4-3-11(9-12)15(23)22-7-1-2-8-22/h5-6,10-12H,1-4,7-9H2,(H,20,21)/t11-,12+/m1/s1. The molecule has 0 radical (unpaired) electrons. The van der Waals surface area contributed by atoms with Crippen LogP contribution >= 0.6 is 0 Å². The van der Waals surface area contributed by atoms with E-state index < -0.39 is 11.9 Å². The molecule has 126 valence electrons. The number of pyridine rings is 1. The van der Waals surface area contributed by atoms with E-state index in [1.807, 2.05) is 4.90 Å². The first-order chi connectivity index (χ1) is 10.9. The molecule has 2 fully saturated rings. The van der Waals surface area contributed by atoms with Gasteiger partial charge in [-0.05, 0) is 44.2 Å². The van der Waals surface area contributed by atoms with Crippen molar-refractivity contribution in [1.29, 1.82) is 0 Å². The summed E-state index contributed by atoms with van der Waals surface area (Å²) in [6.07, 6.45) is 1.13. The Hall–Kier alpha value is -1.79. The third-order valence-electron chi connectivity index (χ3n) is 4.62. The van der Waals surface area contributed by atoms with E-state index in [0.717, 1.165) is 51.0 Å². The molecular formula is C16H20F3N3O. The molecule has 7 heteroatoms. The highest BCUT2D eigenvalue weighted by Crippen LogP contribution is 2.32. The van der Waals surface area contributed by atoms with Gasteiger partial charge in [-0.2, -0.15) is 13.2 Å². The summed E-state index contributed by atoms with van der Waals surface area (Å²) in [6.45, 7) is 1.68. The molecule has 0 unspecified atom stereocenters. The molecule has 2 aliphatic rings. The molecule has 1 aliphatic carbocycles. The van der Waals surface area contributed by atoms with Crippen LogP contribution in [0.1, 0.15) is 37.8 Å². The molecule has 0 bridgehead atoms. The van der Waals surface area contributed by atoms with Crippen molar-refractivity contribution in [1.82, 2.24) is 9.88 Å². The predicted molar refractivity (Wildman–Crippen MR) is 79.8 cm³/mol. The van der Waals surface area contributed by atoms with Gasteiger partial charge in [-0.15, -0.1) is 0 Å². The van der Waals surface area contributed by atoms with Crippen molar-refractivity contribution >= 4 is 11.6 Å². The average Bonchev–Trinajstić information content (AvgIpc) is 3.17. The van der Waals surface area contributed by atoms with Crippen LogP contribution in [0.3, 0.4) is 0 Å². The molecule has 1 amide bonds. The average molecular weight is 327 g/mol. The first kappa shape index (κ1) is 16.1. The summed E-state index contributed by atoms with van der Waals surface area (Å²) in [7, 11) is 0. The number of aromatic nitrogens is 1. The van der Waals surface area contributed by atoms with Crippen LogP contribution in [0.15, 0.2) is 18.3 Å². The van der Waals surface area contributed by atoms with Crippen molar-refractivity contribution in [3.05, 3.63) is 24.0 Å². The number of anilines is 1. The Morgan fingerprint density at radius 3 is 2.70 bits per heavy atom. The molecule has 2 atom stereocenters. The first-order valence-electron chi connectivity index (χ1n) is 8.02. The number of alkyl halides is 3. The van der Waals surface area contributed by atoms with Crippen molar-refractivity contribution in [2.75, 3.05) is 18.4 Å². The maximum absolute atomic E-state index is 12.7. The second-order valence-electron chi connectivity index (χ2n) is 6.31. The molecule has 3 rings (SSSR count). The van der Waals surface area contributed by atoms with Gasteiger partial charge >= 0.3 is 6.18 Å². The molecule has 4 nitrogen and oxygen atoms in total. The van der Waals surface area contributed by atoms with Crippen molar-refractivity contribution in [3.8, 4) is 0 Å². The lowest BCUT2D eigenvalue weighted by atomic mass is 10.1. The van der Waals surface area contributed by atoms with Gasteiger partial charge in [0, 0.05) is 36.9 Å². The van der Waals surface area contributed by atoms with Crippen molar-refractivity contribution in [3.63, 3.8) is 0 Å². The topological polar surface area (TPSA) is 45.2 Å². The van der Waals surface area contributed by atoms with Crippen LogP contribution in [-0.4, -0.2) is 34.9 Å². The summed E-state index contributed by atoms with van der Waals surface area (Å²) >= 11 is 0. The number of halogens is 3. The van der Waals surface area contributed by atoms with Gasteiger partial charge in [-0.1, -0.05) is 0 Å². The molecule has 23 heavy (non-hydrogen) atoms. The number of carbonyl (C=O) groups excluding carboxylic acids is 1. The lowest BCUT2D eigenvalue weighted by Crippen LogP contribution is -2.33. The van der Waals surface area contributed by atoms with Crippen LogP contribution in [0.4, 0.5) is 18.9 Å². The van der Waals surface area contributed by atoms with Gasteiger partial charge in [0.2, 0.25) is 5.91 Å². The van der Waals surface area contributed by atoms with Gasteiger partial charge < -0.3 is 10.2 Å². The third-order valence-corrected chi connectivity index (χ3v) is 4.62. The maximum atomic E-state index is 12.7. The number of rotatable bonds is 3. The maximum Gasteiger partial charge on any atom is 0.433 e. The number of carbonyl (C=O) groups is 1. The van der Waals surface area contributed by atoms with Gasteiger partial charge in [0.05, 0.1) is 0 Å². The Morgan fingerprint density at radius 1 is 1.26 bits per heavy atom. The molecule has 1 aromatic heterocycles. The first-order valence-corrected chi connectivity index (χ1v) is 8.02. The van der Waals surface area contributed by atoms with Gasteiger partial charge in [0.25, 0.3) is 0 Å². The van der Waals surface area contributed by atoms with Crippen LogP contribution in [0.2, 0.25) is 0 Å². The lowest BCUT2D eigenvalue weighted by molar-refractivity contribution is -0.141. The van der Waals surface area contributed by atoms with Crippen molar-refractivity contribution in [2.24, 2.45) is 5.92 Å². The van der Waals surface area contributed by atoms with E-state index in [4.69, 9.17) is 0 Å². The minimum Gasteiger partial charge on any atom is -0.382 e. The Balaban J connectivity index is 1.58. The van der Waals surface area contributed by atoms with E-state index in [-0.39, 0.29) is 17.9 Å². The Bertz CT molecular complexity index is 570. The summed E-state index contributed by atoms with van der Waals surface area (Å²) < 4.78 is 38.0. The Labute approximate surface area is 133 Å². The number of nitrogens with zero attached hydrogens (tertiary/aromatic N) is 2. The van der Waals surface area contributed by atoms with E-state index in [9.17, 15) is 18.0 Å². The second kappa shape index (κ2) is 6.37. The zero-order valence-corrected chi connectivity index (χ0v) is 12.8. The molecule has 1 aromatic rings. The highest BCUT2D eigenvalue weighted by molar-refractivity contribution is 5.79. The van der Waals surface area contributed by atoms with Crippen molar-refractivity contribution < 1.29 is 18.0 Å². The van der Waals surface area contributed by atoms with Crippen LogP contribution < -0.4 is 5.32 Å². The summed E-state index contributed by atoms with van der Waals surface area (Å²) in [5, 5.41) is 3.12. The molecule has 0 aromatic carbocycles. The molecule has 0 spiro atoms. The summed E-state index contributed by atoms with van der Waals surface area (Å²) in [4.78, 5) is 17.6. The van der Waals surface area contributed by atoms with Crippen LogP contribution in [0.25, 0.3) is 0 Å². The lowest BCUT2D eigenvalue weighted by Gasteiger charge is -2.20. The van der Waals surface area contributed by atoms with E-state index >= 15 is 0 Å². The van der Waals surface area contributed by atoms with Crippen molar-refractivity contribution in [2.45, 2.75) is 44.3 Å². The zero-order valence-electron chi connectivity index (χ0n) is 12.8. The predicted octanol–water partition coefficient (Wildman–Crippen LogP) is 3.30. The Morgan fingerprint density at radius 2 is 2.00 bits per heavy atom. The summed E-state index contributed by atoms with van der Waals surface area (Å²) in [6, 6.07) is 2.59. The number of amides is 1. The summed E-state index contributed by atoms with van der Waals surface area (Å²) in [5.74, 6) is 0.201. The quantitative estimate of drug-likeness (QED) is 0.926. The molecule has 1 N–H and O–H groups in total. The van der Waals surface area contributed by atoms with Gasteiger partial charge in [0.15, 0.2) is 0 Å². The van der Waals surface area contributed by atoms with Gasteiger partial charge in [0.1, 0.15) is 5.69 Å². The molecular weight excluding hydrogens is 307 g/mol. The van der Waals surface area contributed by atoms with E-state index in [1.165, 1.54) is 6.07 Å². The van der Waals surface area contributed by atoms with Gasteiger partial charge in [-0.3, -0.25) is 9.78 Å². The largest absolute Gasteiger partial charge is 0.433 e. The summed E-state index contributed by atoms with van der Waals surface area (Å²) in [5.41, 5.74) is -0.489. The minimum absolute atomic E-state index is 0.00507. The number of hydrogen-bond donors (Lipinski definition) is 1.